The molecule has 3 aliphatic rings. The van der Waals surface area contributed by atoms with Crippen LogP contribution in [0.3, 0.4) is 0 Å². The summed E-state index contributed by atoms with van der Waals surface area (Å²) in [6.07, 6.45) is -2.14. The van der Waals surface area contributed by atoms with Crippen LogP contribution in [0, 0.1) is 17.8 Å². The predicted octanol–water partition coefficient (Wildman–Crippen LogP) is -1.05. The van der Waals surface area contributed by atoms with Gasteiger partial charge in [-0.1, -0.05) is 12.1 Å². The van der Waals surface area contributed by atoms with E-state index in [4.69, 9.17) is 5.73 Å². The van der Waals surface area contributed by atoms with Crippen LogP contribution in [0.5, 0.6) is 5.75 Å². The number of rotatable bonds is 2. The zero-order chi connectivity index (χ0) is 23.9. The SMILES string of the molecule is CN(C)[C@H]1C(=O)C(C(N)=O)=C(O)[C@@]2(O)C(O)C3C(=O)c4c(O)cccc4[C@@](C)(O)C3CC12. The third-order valence-electron chi connectivity index (χ3n) is 7.47. The van der Waals surface area contributed by atoms with Gasteiger partial charge < -0.3 is 31.3 Å². The largest absolute Gasteiger partial charge is 0.508 e. The highest BCUT2D eigenvalue weighted by molar-refractivity contribution is 6.22. The number of phenols is 1. The van der Waals surface area contributed by atoms with Crippen molar-refractivity contribution in [2.75, 3.05) is 14.1 Å². The summed E-state index contributed by atoms with van der Waals surface area (Å²) in [5, 5.41) is 55.4. The van der Waals surface area contributed by atoms with E-state index in [1.807, 2.05) is 0 Å². The Hall–Kier alpha value is -2.79. The lowest BCUT2D eigenvalue weighted by Crippen LogP contribution is -2.71. The fourth-order valence-corrected chi connectivity index (χ4v) is 5.97. The Morgan fingerprint density at radius 3 is 2.31 bits per heavy atom. The minimum absolute atomic E-state index is 0.142. The fraction of sp³-hybridized carbons (Fsp3) is 0.500. The molecule has 1 aromatic carbocycles. The number of aromatic hydroxyl groups is 1. The first-order valence-electron chi connectivity index (χ1n) is 10.2. The molecular weight excluding hydrogens is 420 g/mol. The highest BCUT2D eigenvalue weighted by atomic mass is 16.4. The number of benzene rings is 1. The van der Waals surface area contributed by atoms with Gasteiger partial charge in [0.2, 0.25) is 0 Å². The number of ketones is 2. The smallest absolute Gasteiger partial charge is 0.255 e. The van der Waals surface area contributed by atoms with Crippen molar-refractivity contribution < 1.29 is 39.9 Å². The molecule has 7 N–H and O–H groups in total. The first kappa shape index (κ1) is 22.4. The third kappa shape index (κ3) is 2.57. The lowest BCUT2D eigenvalue weighted by molar-refractivity contribution is -0.205. The average molecular weight is 446 g/mol. The minimum atomic E-state index is -2.55. The highest BCUT2D eigenvalue weighted by Crippen LogP contribution is 2.57. The minimum Gasteiger partial charge on any atom is -0.508 e. The molecule has 0 aliphatic heterocycles. The Labute approximate surface area is 183 Å². The van der Waals surface area contributed by atoms with Crippen molar-refractivity contribution >= 4 is 17.5 Å². The molecule has 172 valence electrons. The summed E-state index contributed by atoms with van der Waals surface area (Å²) in [5.41, 5.74) is 0.178. The molecule has 0 saturated heterocycles. The van der Waals surface area contributed by atoms with Crippen molar-refractivity contribution in [3.8, 4) is 5.75 Å². The van der Waals surface area contributed by atoms with Gasteiger partial charge in [-0.25, -0.2) is 0 Å². The van der Waals surface area contributed by atoms with Gasteiger partial charge in [-0.05, 0) is 39.1 Å². The second-order valence-electron chi connectivity index (χ2n) is 9.32. The number of hydrogen-bond donors (Lipinski definition) is 6. The van der Waals surface area contributed by atoms with Gasteiger partial charge in [0.15, 0.2) is 17.2 Å². The van der Waals surface area contributed by atoms with Gasteiger partial charge in [0.1, 0.15) is 23.2 Å². The van der Waals surface area contributed by atoms with Crippen molar-refractivity contribution in [1.29, 1.82) is 0 Å². The molecule has 10 nitrogen and oxygen atoms in total. The summed E-state index contributed by atoms with van der Waals surface area (Å²) < 4.78 is 0. The van der Waals surface area contributed by atoms with Crippen molar-refractivity contribution in [3.63, 3.8) is 0 Å². The molecule has 1 saturated carbocycles. The molecular formula is C22H26N2O8. The third-order valence-corrected chi connectivity index (χ3v) is 7.47. The van der Waals surface area contributed by atoms with Crippen LogP contribution in [0.4, 0.5) is 0 Å². The molecule has 32 heavy (non-hydrogen) atoms. The van der Waals surface area contributed by atoms with Gasteiger partial charge in [0.05, 0.1) is 23.1 Å². The second-order valence-corrected chi connectivity index (χ2v) is 9.32. The standard InChI is InChI=1S/C22H26N2O8/c1-21(31)8-5-4-6-11(25)12(8)16(26)13-9(21)7-10-15(24(2)3)17(27)14(20(23)30)19(29)22(10,32)18(13)28/h4-6,9-10,13,15,18,25,28-29,31-32H,7H2,1-3H3,(H2,23,30)/t9?,10?,13?,15-,18?,21-,22+/m1/s1. The number of Topliss-reactive ketones (excluding diaryl/α,β-unsaturated/α-hetero) is 2. The predicted molar refractivity (Wildman–Crippen MR) is 109 cm³/mol. The van der Waals surface area contributed by atoms with Crippen LogP contribution in [0.25, 0.3) is 0 Å². The molecule has 7 atom stereocenters. The van der Waals surface area contributed by atoms with Crippen molar-refractivity contribution in [3.05, 3.63) is 40.7 Å². The first-order valence-corrected chi connectivity index (χ1v) is 10.2. The van der Waals surface area contributed by atoms with E-state index >= 15 is 0 Å². The normalized spacial score (nSPS) is 38.9. The maximum absolute atomic E-state index is 13.4. The van der Waals surface area contributed by atoms with Gasteiger partial charge in [-0.2, -0.15) is 0 Å². The Morgan fingerprint density at radius 1 is 1.12 bits per heavy atom. The molecule has 0 heterocycles. The van der Waals surface area contributed by atoms with Gasteiger partial charge in [0.25, 0.3) is 5.91 Å². The summed E-state index contributed by atoms with van der Waals surface area (Å²) in [6, 6.07) is 3.08. The van der Waals surface area contributed by atoms with E-state index in [1.54, 1.807) is 0 Å². The molecule has 1 aromatic rings. The molecule has 3 aliphatic carbocycles. The maximum atomic E-state index is 13.4. The number of nitrogens with zero attached hydrogens (tertiary/aromatic N) is 1. The van der Waals surface area contributed by atoms with Crippen molar-refractivity contribution in [1.82, 2.24) is 4.90 Å². The number of carbonyl (C=O) groups excluding carboxylic acids is 3. The topological polar surface area (TPSA) is 182 Å². The van der Waals surface area contributed by atoms with Crippen LogP contribution >= 0.6 is 0 Å². The molecule has 4 unspecified atom stereocenters. The molecule has 0 radical (unpaired) electrons. The lowest BCUT2D eigenvalue weighted by Gasteiger charge is -2.58. The fourth-order valence-electron chi connectivity index (χ4n) is 5.97. The van der Waals surface area contributed by atoms with E-state index in [-0.39, 0.29) is 17.5 Å². The van der Waals surface area contributed by atoms with Crippen molar-refractivity contribution in [2.45, 2.75) is 36.7 Å². The average Bonchev–Trinajstić information content (AvgIpc) is 2.68. The number of aliphatic hydroxyl groups excluding tert-OH is 2. The molecule has 4 rings (SSSR count). The Morgan fingerprint density at radius 2 is 1.75 bits per heavy atom. The monoisotopic (exact) mass is 446 g/mol. The van der Waals surface area contributed by atoms with E-state index < -0.39 is 75.7 Å². The first-order chi connectivity index (χ1) is 14.8. The van der Waals surface area contributed by atoms with E-state index in [1.165, 1.54) is 44.1 Å². The molecule has 0 spiro atoms. The van der Waals surface area contributed by atoms with Gasteiger partial charge >= 0.3 is 0 Å². The Bertz CT molecular complexity index is 1080. The molecule has 1 amide bonds. The summed E-state index contributed by atoms with van der Waals surface area (Å²) >= 11 is 0. The summed E-state index contributed by atoms with van der Waals surface area (Å²) in [4.78, 5) is 39.8. The molecule has 10 heteroatoms. The van der Waals surface area contributed by atoms with Gasteiger partial charge in [-0.3, -0.25) is 19.3 Å². The van der Waals surface area contributed by atoms with Crippen LogP contribution in [0.1, 0.15) is 29.3 Å². The van der Waals surface area contributed by atoms with Crippen LogP contribution in [-0.2, 0) is 15.2 Å². The Balaban J connectivity index is 1.98. The number of aliphatic hydroxyl groups is 4. The number of nitrogens with two attached hydrogens (primary N) is 1. The van der Waals surface area contributed by atoms with Crippen LogP contribution < -0.4 is 5.73 Å². The van der Waals surface area contributed by atoms with E-state index in [9.17, 15) is 39.9 Å². The quantitative estimate of drug-likeness (QED) is 0.309. The summed E-state index contributed by atoms with van der Waals surface area (Å²) in [7, 11) is 3.06. The molecule has 0 aromatic heterocycles. The second kappa shape index (κ2) is 6.85. The maximum Gasteiger partial charge on any atom is 0.255 e. The lowest BCUT2D eigenvalue weighted by atomic mass is 9.50. The highest BCUT2D eigenvalue weighted by Gasteiger charge is 2.68. The zero-order valence-electron chi connectivity index (χ0n) is 17.8. The van der Waals surface area contributed by atoms with E-state index in [0.717, 1.165) is 0 Å². The zero-order valence-corrected chi connectivity index (χ0v) is 17.8. The molecule has 0 bridgehead atoms. The summed E-state index contributed by atoms with van der Waals surface area (Å²) in [5.74, 6) is -7.84. The number of phenolic OH excluding ortho intramolecular Hbond substituents is 1. The van der Waals surface area contributed by atoms with Crippen molar-refractivity contribution in [2.24, 2.45) is 23.5 Å². The van der Waals surface area contributed by atoms with E-state index in [2.05, 4.69) is 0 Å². The summed E-state index contributed by atoms with van der Waals surface area (Å²) in [6.45, 7) is 1.44. The number of likely N-dealkylation sites (N-methyl/N-ethyl adjacent to an activating group) is 1. The van der Waals surface area contributed by atoms with Gasteiger partial charge in [-0.15, -0.1) is 0 Å². The number of primary amides is 1. The van der Waals surface area contributed by atoms with E-state index in [0.29, 0.717) is 0 Å². The van der Waals surface area contributed by atoms with Crippen LogP contribution in [-0.4, -0.2) is 79.7 Å². The number of amides is 1. The number of hydrogen-bond acceptors (Lipinski definition) is 9. The number of carbonyl (C=O) groups is 3. The van der Waals surface area contributed by atoms with Gasteiger partial charge in [0, 0.05) is 11.8 Å². The number of fused-ring (bicyclic) bond motifs is 3. The van der Waals surface area contributed by atoms with Crippen LogP contribution in [0.2, 0.25) is 0 Å². The Kier molecular flexibility index (Phi) is 4.80. The van der Waals surface area contributed by atoms with Crippen LogP contribution in [0.15, 0.2) is 29.5 Å². The molecule has 1 fully saturated rings.